The van der Waals surface area contributed by atoms with Gasteiger partial charge in [-0.2, -0.15) is 0 Å². The Kier molecular flexibility index (Phi) is 34.4. The summed E-state index contributed by atoms with van der Waals surface area (Å²) in [7, 11) is 1.37. The number of benzene rings is 2. The first-order valence-corrected chi connectivity index (χ1v) is 34.3. The first-order valence-electron chi connectivity index (χ1n) is 34.3. The summed E-state index contributed by atoms with van der Waals surface area (Å²) in [5.74, 6) is -13.8. The quantitative estimate of drug-likeness (QED) is 0.0254. The summed E-state index contributed by atoms with van der Waals surface area (Å²) in [4.78, 5) is 205. The molecular formula is C67H101N17O18. The zero-order chi connectivity index (χ0) is 75.0. The highest BCUT2D eigenvalue weighted by Gasteiger charge is 2.43. The number of rotatable bonds is 25. The molecule has 3 heterocycles. The van der Waals surface area contributed by atoms with Crippen molar-refractivity contribution in [3.8, 4) is 0 Å². The number of carbonyl (C=O) groups is 14. The van der Waals surface area contributed by atoms with Gasteiger partial charge >= 0.3 is 23.9 Å². The first-order chi connectivity index (χ1) is 48.5. The molecule has 0 aromatic heterocycles. The normalized spacial score (nSPS) is 23.3. The van der Waals surface area contributed by atoms with Gasteiger partial charge in [0.05, 0.1) is 39.1 Å². The van der Waals surface area contributed by atoms with Crippen LogP contribution in [0.3, 0.4) is 0 Å². The second-order valence-corrected chi connectivity index (χ2v) is 26.2. The molecule has 0 aliphatic carbocycles. The van der Waals surface area contributed by atoms with Crippen molar-refractivity contribution < 1.29 is 87.5 Å². The molecule has 0 bridgehead atoms. The molecule has 102 heavy (non-hydrogen) atoms. The molecule has 0 saturated carbocycles. The largest absolute Gasteiger partial charge is 0.481 e. The smallest absolute Gasteiger partial charge is 0.317 e. The lowest BCUT2D eigenvalue weighted by atomic mass is 10.0. The molecule has 5 rings (SSSR count). The van der Waals surface area contributed by atoms with E-state index in [0.717, 1.165) is 0 Å². The molecule has 10 amide bonds. The van der Waals surface area contributed by atoms with Gasteiger partial charge in [-0.3, -0.25) is 91.7 Å². The van der Waals surface area contributed by atoms with Gasteiger partial charge in [0, 0.05) is 91.9 Å². The zero-order valence-corrected chi connectivity index (χ0v) is 58.4. The second kappa shape index (κ2) is 42.4. The van der Waals surface area contributed by atoms with Gasteiger partial charge in [-0.25, -0.2) is 0 Å². The van der Waals surface area contributed by atoms with Crippen molar-refractivity contribution in [2.45, 2.75) is 140 Å². The summed E-state index contributed by atoms with van der Waals surface area (Å²) in [6, 6.07) is 5.67. The lowest BCUT2D eigenvalue weighted by Crippen LogP contribution is -2.60. The van der Waals surface area contributed by atoms with Crippen LogP contribution >= 0.6 is 0 Å². The van der Waals surface area contributed by atoms with Crippen LogP contribution in [0.2, 0.25) is 0 Å². The van der Waals surface area contributed by atoms with Crippen molar-refractivity contribution in [1.29, 1.82) is 0 Å². The summed E-state index contributed by atoms with van der Waals surface area (Å²) < 4.78 is 0. The lowest BCUT2D eigenvalue weighted by Gasteiger charge is -2.35. The number of aliphatic imine (C=N–C) groups is 1. The number of hydrogen-bond acceptors (Lipinski definition) is 19. The van der Waals surface area contributed by atoms with Crippen LogP contribution in [0.1, 0.15) is 89.7 Å². The van der Waals surface area contributed by atoms with Crippen LogP contribution in [-0.2, 0) is 80.0 Å². The van der Waals surface area contributed by atoms with Gasteiger partial charge in [0.2, 0.25) is 59.1 Å². The van der Waals surface area contributed by atoms with Crippen LogP contribution in [0.4, 0.5) is 0 Å². The third kappa shape index (κ3) is 29.4. The Morgan fingerprint density at radius 3 is 1.55 bits per heavy atom. The van der Waals surface area contributed by atoms with Gasteiger partial charge < -0.3 is 84.2 Å². The summed E-state index contributed by atoms with van der Waals surface area (Å²) in [5, 5.41) is 59.7. The number of fused-ring (bicyclic) bond motifs is 1. The van der Waals surface area contributed by atoms with E-state index in [1.165, 1.54) is 23.8 Å². The second-order valence-electron chi connectivity index (χ2n) is 26.2. The van der Waals surface area contributed by atoms with Crippen molar-refractivity contribution in [2.24, 2.45) is 22.4 Å². The minimum Gasteiger partial charge on any atom is -0.481 e. The van der Waals surface area contributed by atoms with E-state index in [4.69, 9.17) is 11.5 Å². The van der Waals surface area contributed by atoms with Crippen LogP contribution in [0.5, 0.6) is 0 Å². The molecule has 8 unspecified atom stereocenters. The number of nitrogens with one attached hydrogen (secondary N) is 8. The van der Waals surface area contributed by atoms with Crippen molar-refractivity contribution in [2.75, 3.05) is 112 Å². The lowest BCUT2D eigenvalue weighted by molar-refractivity contribution is -0.148. The number of carboxylic acid groups (broad SMARTS) is 4. The summed E-state index contributed by atoms with van der Waals surface area (Å²) >= 11 is 0. The fourth-order valence-electron chi connectivity index (χ4n) is 12.1. The first kappa shape index (κ1) is 82.8. The van der Waals surface area contributed by atoms with Gasteiger partial charge in [0.1, 0.15) is 48.3 Å². The number of unbranched alkanes of at least 4 members (excludes halogenated alkanes) is 1. The molecular weight excluding hydrogens is 1330 g/mol. The molecule has 35 nitrogen and oxygen atoms in total. The molecule has 3 aliphatic rings. The third-order valence-corrected chi connectivity index (χ3v) is 17.5. The Labute approximate surface area is 592 Å². The Balaban J connectivity index is 1.51. The Morgan fingerprint density at radius 2 is 1.03 bits per heavy atom. The van der Waals surface area contributed by atoms with Crippen molar-refractivity contribution in [1.82, 2.24) is 71.9 Å². The molecule has 3 saturated heterocycles. The van der Waals surface area contributed by atoms with E-state index in [0.29, 0.717) is 17.5 Å². The number of hydrogen-bond donors (Lipinski definition) is 14. The molecule has 3 fully saturated rings. The van der Waals surface area contributed by atoms with Gasteiger partial charge in [0.25, 0.3) is 0 Å². The summed E-state index contributed by atoms with van der Waals surface area (Å²) in [6.45, 7) is 4.12. The highest BCUT2D eigenvalue weighted by Crippen LogP contribution is 2.24. The minimum atomic E-state index is -1.81. The highest BCUT2D eigenvalue weighted by molar-refractivity contribution is 5.99. The highest BCUT2D eigenvalue weighted by atomic mass is 16.4. The van der Waals surface area contributed by atoms with Crippen molar-refractivity contribution >= 4 is 88.9 Å². The average molecular weight is 1430 g/mol. The van der Waals surface area contributed by atoms with Crippen LogP contribution in [0.25, 0.3) is 0 Å². The standard InChI is InChI=1S/C67H101N17O18/c1-42(2)33-47-61(97)73-43(3)59(95)78-50(35-45-17-9-6-10-18-45)65(101)84-24-14-21-52(84)66(102)79(4)51(20-11-12-22-70-54(86)38-80-25-27-81(39-56(89)90)29-31-83(41-58(93)94)32-30-82(28-26-80)40-57(91)92)64(100)77-48(34-44-15-7-5-8-16-44)62(98)75-46(19-13-23-71-67(68)69)60(96)72-37-53(85)74-49(36-55(87)88)63(99)76-47/h5-10,15-18,42-43,46-52H,11-14,19-41H2,1-4H3,(H,70,86)(H,72,96)(H,73,97)(H,74,85)(H,75,98)(H,76,99)(H,77,100)(H,78,95)(H,87,88)(H,89,90)(H,91,92)(H,93,94)(H4,68,69,71). The predicted octanol–water partition coefficient (Wildman–Crippen LogP) is -4.32. The maximum absolute atomic E-state index is 15.3. The van der Waals surface area contributed by atoms with E-state index in [1.54, 1.807) is 94.1 Å². The summed E-state index contributed by atoms with van der Waals surface area (Å²) in [6.07, 6.45) is -0.650. The van der Waals surface area contributed by atoms with E-state index in [1.807, 2.05) is 0 Å². The molecule has 16 N–H and O–H groups in total. The molecule has 35 heteroatoms. The van der Waals surface area contributed by atoms with E-state index < -0.39 is 144 Å². The minimum absolute atomic E-state index is 0.0226. The van der Waals surface area contributed by atoms with Crippen molar-refractivity contribution in [3.05, 3.63) is 71.8 Å². The number of nitrogens with two attached hydrogens (primary N) is 2. The van der Waals surface area contributed by atoms with Crippen LogP contribution in [-0.4, -0.2) is 299 Å². The Hall–Kier alpha value is -9.87. The summed E-state index contributed by atoms with van der Waals surface area (Å²) in [5.41, 5.74) is 12.3. The number of carbonyl (C=O) groups excluding carboxylic acids is 10. The number of aliphatic carboxylic acids is 4. The number of nitrogens with zero attached hydrogens (tertiary/aromatic N) is 7. The molecule has 2 aromatic rings. The maximum atomic E-state index is 15.3. The molecule has 0 spiro atoms. The maximum Gasteiger partial charge on any atom is 0.317 e. The number of amides is 10. The Bertz CT molecular complexity index is 3200. The fourth-order valence-corrected chi connectivity index (χ4v) is 12.1. The number of likely N-dealkylation sites (N-methyl/N-ethyl adjacent to an activating group) is 1. The molecule has 0 radical (unpaired) electrons. The van der Waals surface area contributed by atoms with Crippen LogP contribution in [0.15, 0.2) is 65.7 Å². The molecule has 2 aromatic carbocycles. The molecule has 8 atom stereocenters. The number of carboxylic acids is 4. The number of guanidine groups is 1. The van der Waals surface area contributed by atoms with E-state index in [-0.39, 0.29) is 168 Å². The third-order valence-electron chi connectivity index (χ3n) is 17.5. The predicted molar refractivity (Wildman–Crippen MR) is 369 cm³/mol. The molecule has 3 aliphatic heterocycles. The van der Waals surface area contributed by atoms with E-state index in [9.17, 15) is 73.2 Å². The van der Waals surface area contributed by atoms with Crippen LogP contribution < -0.4 is 54.0 Å². The molecule has 562 valence electrons. The van der Waals surface area contributed by atoms with E-state index >= 15 is 14.4 Å². The van der Waals surface area contributed by atoms with Gasteiger partial charge in [-0.15, -0.1) is 0 Å². The fraction of sp³-hybridized carbons (Fsp3) is 0.597. The average Bonchev–Trinajstić information content (AvgIpc) is 1.57. The topological polar surface area (TPSA) is 500 Å². The van der Waals surface area contributed by atoms with Crippen LogP contribution in [0, 0.1) is 5.92 Å². The van der Waals surface area contributed by atoms with E-state index in [2.05, 4.69) is 47.5 Å². The van der Waals surface area contributed by atoms with Crippen molar-refractivity contribution in [3.63, 3.8) is 0 Å². The van der Waals surface area contributed by atoms with Gasteiger partial charge in [0.15, 0.2) is 5.96 Å². The SMILES string of the molecule is CC(C)CC1NC(=O)C(CC(=O)O)NC(=O)CNC(=O)C(CCCN=C(N)N)NC(=O)C(Cc2ccccc2)NC(=O)C(CCCCNC(=O)CN2CCN(CC(=O)O)CCN(CC(=O)O)CCN(CC(=O)O)CC2)N(C)C(=O)C2CCCN2C(=O)C(Cc2ccccc2)NC(=O)C(C)NC1=O. The van der Waals surface area contributed by atoms with Gasteiger partial charge in [-0.05, 0) is 75.3 Å². The monoisotopic (exact) mass is 1430 g/mol. The zero-order valence-electron chi connectivity index (χ0n) is 58.4. The van der Waals surface area contributed by atoms with Gasteiger partial charge in [-0.1, -0.05) is 74.5 Å². The Morgan fingerprint density at radius 1 is 0.539 bits per heavy atom.